The van der Waals surface area contributed by atoms with Gasteiger partial charge in [-0.15, -0.1) is 0 Å². The van der Waals surface area contributed by atoms with Crippen LogP contribution in [0.25, 0.3) is 0 Å². The predicted octanol–water partition coefficient (Wildman–Crippen LogP) is 0.399. The summed E-state index contributed by atoms with van der Waals surface area (Å²) in [6.45, 7) is 1.63. The van der Waals surface area contributed by atoms with E-state index >= 15 is 0 Å². The van der Waals surface area contributed by atoms with Crippen LogP contribution in [-0.2, 0) is 20.1 Å². The Balaban J connectivity index is 3.35. The number of nitrogens with zero attached hydrogens (tertiary/aromatic N) is 1. The first-order valence-corrected chi connectivity index (χ1v) is 8.24. The number of aliphatic imine (C=N–C) groups is 1. The van der Waals surface area contributed by atoms with E-state index in [1.54, 1.807) is 0 Å². The van der Waals surface area contributed by atoms with Crippen LogP contribution in [0.5, 0.6) is 0 Å². The third kappa shape index (κ3) is 3.79. The molecule has 0 fully saturated rings. The van der Waals surface area contributed by atoms with Crippen LogP contribution in [0, 0.1) is 23.3 Å². The molecular weight excluding hydrogens is 356 g/mol. The lowest BCUT2D eigenvalue weighted by molar-refractivity contribution is 0.421. The highest BCUT2D eigenvalue weighted by Gasteiger charge is 2.32. The van der Waals surface area contributed by atoms with Crippen molar-refractivity contribution in [2.24, 2.45) is 4.99 Å². The normalized spacial score (nSPS) is 12.4. The number of sulfonamides is 1. The molecule has 1 aromatic rings. The molecule has 0 saturated carbocycles. The van der Waals surface area contributed by atoms with Crippen molar-refractivity contribution >= 4 is 32.5 Å². The van der Waals surface area contributed by atoms with Crippen molar-refractivity contribution in [1.29, 1.82) is 0 Å². The Morgan fingerprint density at radius 3 is 1.82 bits per heavy atom. The number of hydrogen-bond acceptors (Lipinski definition) is 6. The van der Waals surface area contributed by atoms with Gasteiger partial charge in [-0.25, -0.2) is 39.1 Å². The lowest BCUT2D eigenvalue weighted by atomic mass is 10.2. The summed E-state index contributed by atoms with van der Waals surface area (Å²) in [6, 6.07) is 0. The summed E-state index contributed by atoms with van der Waals surface area (Å²) in [5.74, 6) is -9.94. The van der Waals surface area contributed by atoms with Crippen molar-refractivity contribution in [1.82, 2.24) is 4.72 Å². The molecule has 0 saturated heterocycles. The Kier molecular flexibility index (Phi) is 5.27. The number of hydrogen-bond donors (Lipinski definition) is 1. The van der Waals surface area contributed by atoms with E-state index in [1.807, 2.05) is 0 Å². The molecule has 0 aliphatic heterocycles. The molecule has 0 bridgehead atoms. The van der Waals surface area contributed by atoms with Crippen LogP contribution in [-0.4, -0.2) is 40.4 Å². The van der Waals surface area contributed by atoms with Gasteiger partial charge in [0.25, 0.3) is 0 Å². The molecule has 0 amide bonds. The Bertz CT molecular complexity index is 794. The fraction of sp³-hybridized carbons (Fsp3) is 0.222. The second kappa shape index (κ2) is 6.28. The molecular formula is C9H7F4N2O5S2-. The fourth-order valence-corrected chi connectivity index (χ4v) is 3.00. The van der Waals surface area contributed by atoms with E-state index in [0.717, 1.165) is 0 Å². The fourth-order valence-electron chi connectivity index (χ4n) is 1.35. The molecule has 7 nitrogen and oxygen atoms in total. The largest absolute Gasteiger partial charge is 0.748 e. The highest BCUT2D eigenvalue weighted by molar-refractivity contribution is 7.89. The van der Waals surface area contributed by atoms with E-state index < -0.39 is 66.3 Å². The minimum atomic E-state index is -5.16. The summed E-state index contributed by atoms with van der Waals surface area (Å²) >= 11 is 0. The lowest BCUT2D eigenvalue weighted by Gasteiger charge is -2.12. The number of halogens is 4. The van der Waals surface area contributed by atoms with Gasteiger partial charge < -0.3 is 4.55 Å². The molecule has 124 valence electrons. The van der Waals surface area contributed by atoms with Crippen molar-refractivity contribution in [2.45, 2.75) is 4.90 Å². The highest BCUT2D eigenvalue weighted by atomic mass is 32.2. The molecule has 0 aliphatic rings. The molecule has 1 aromatic carbocycles. The van der Waals surface area contributed by atoms with Gasteiger partial charge in [0.05, 0.1) is 15.9 Å². The highest BCUT2D eigenvalue weighted by Crippen LogP contribution is 2.32. The molecule has 1 rings (SSSR count). The van der Waals surface area contributed by atoms with Crippen LogP contribution >= 0.6 is 0 Å². The molecule has 0 aromatic heterocycles. The van der Waals surface area contributed by atoms with Crippen LogP contribution < -0.4 is 4.72 Å². The zero-order valence-electron chi connectivity index (χ0n) is 10.4. The van der Waals surface area contributed by atoms with E-state index in [9.17, 15) is 39.0 Å². The molecule has 0 atom stereocenters. The van der Waals surface area contributed by atoms with Crippen molar-refractivity contribution in [3.05, 3.63) is 23.3 Å². The SMILES string of the molecule is C=Nc1c(F)c(F)c(S(=O)(=O)NCCS(=O)(=O)[O-])c(F)c1F. The molecule has 1 N–H and O–H groups in total. The van der Waals surface area contributed by atoms with E-state index in [0.29, 0.717) is 0 Å². The maximum atomic E-state index is 13.6. The average molecular weight is 363 g/mol. The maximum Gasteiger partial charge on any atom is 0.246 e. The third-order valence-corrected chi connectivity index (χ3v) is 4.46. The van der Waals surface area contributed by atoms with E-state index in [2.05, 4.69) is 11.7 Å². The van der Waals surface area contributed by atoms with Gasteiger partial charge in [-0.05, 0) is 6.72 Å². The molecule has 0 unspecified atom stereocenters. The van der Waals surface area contributed by atoms with Crippen molar-refractivity contribution < 1.29 is 39.0 Å². The monoisotopic (exact) mass is 363 g/mol. The van der Waals surface area contributed by atoms with Crippen LogP contribution in [0.2, 0.25) is 0 Å². The van der Waals surface area contributed by atoms with Gasteiger partial charge >= 0.3 is 0 Å². The van der Waals surface area contributed by atoms with E-state index in [-0.39, 0.29) is 0 Å². The average Bonchev–Trinajstić information content (AvgIpc) is 2.35. The molecule has 0 heterocycles. The third-order valence-electron chi connectivity index (χ3n) is 2.27. The van der Waals surface area contributed by atoms with Gasteiger partial charge in [0, 0.05) is 6.54 Å². The lowest BCUT2D eigenvalue weighted by Crippen LogP contribution is -2.31. The Hall–Kier alpha value is -1.57. The first-order valence-electron chi connectivity index (χ1n) is 5.18. The first-order chi connectivity index (χ1) is 9.92. The standard InChI is InChI=1S/C9H8F4N2O5S2/c1-14-8-4(10)6(12)9(7(13)5(8)11)22(19,20)15-2-3-21(16,17)18/h15H,1-3H2,(H,16,17,18)/p-1. The van der Waals surface area contributed by atoms with Gasteiger partial charge in [-0.2, -0.15) is 0 Å². The summed E-state index contributed by atoms with van der Waals surface area (Å²) in [5.41, 5.74) is -1.45. The van der Waals surface area contributed by atoms with Gasteiger partial charge in [0.1, 0.15) is 5.69 Å². The van der Waals surface area contributed by atoms with Crippen LogP contribution in [0.4, 0.5) is 23.2 Å². The maximum absolute atomic E-state index is 13.6. The number of rotatable bonds is 6. The zero-order valence-corrected chi connectivity index (χ0v) is 12.1. The number of benzene rings is 1. The Morgan fingerprint density at radius 1 is 1.00 bits per heavy atom. The second-order valence-corrected chi connectivity index (χ2v) is 6.98. The topological polar surface area (TPSA) is 116 Å². The molecule has 0 radical (unpaired) electrons. The molecule has 13 heteroatoms. The molecule has 22 heavy (non-hydrogen) atoms. The smallest absolute Gasteiger partial charge is 0.246 e. The van der Waals surface area contributed by atoms with Gasteiger partial charge in [-0.3, -0.25) is 4.99 Å². The molecule has 0 aliphatic carbocycles. The summed E-state index contributed by atoms with van der Waals surface area (Å²) in [4.78, 5) is 0.691. The van der Waals surface area contributed by atoms with Gasteiger partial charge in [-0.1, -0.05) is 0 Å². The van der Waals surface area contributed by atoms with Crippen LogP contribution in [0.3, 0.4) is 0 Å². The summed E-state index contributed by atoms with van der Waals surface area (Å²) in [6.07, 6.45) is 0. The minimum absolute atomic E-state index is 1.04. The van der Waals surface area contributed by atoms with E-state index in [4.69, 9.17) is 0 Å². The van der Waals surface area contributed by atoms with Crippen molar-refractivity contribution in [3.8, 4) is 0 Å². The van der Waals surface area contributed by atoms with Crippen molar-refractivity contribution in [3.63, 3.8) is 0 Å². The minimum Gasteiger partial charge on any atom is -0.748 e. The van der Waals surface area contributed by atoms with Crippen LogP contribution in [0.1, 0.15) is 0 Å². The summed E-state index contributed by atoms with van der Waals surface area (Å²) < 4.78 is 109. The van der Waals surface area contributed by atoms with Gasteiger partial charge in [0.2, 0.25) is 10.0 Å². The first kappa shape index (κ1) is 18.5. The van der Waals surface area contributed by atoms with Gasteiger partial charge in [0.15, 0.2) is 28.2 Å². The quantitative estimate of drug-likeness (QED) is 0.340. The van der Waals surface area contributed by atoms with E-state index in [1.165, 1.54) is 4.72 Å². The van der Waals surface area contributed by atoms with Crippen molar-refractivity contribution in [2.75, 3.05) is 12.3 Å². The summed E-state index contributed by atoms with van der Waals surface area (Å²) in [5, 5.41) is 0. The Morgan fingerprint density at radius 2 is 1.45 bits per heavy atom. The summed E-state index contributed by atoms with van der Waals surface area (Å²) in [7, 11) is -9.97. The second-order valence-electron chi connectivity index (χ2n) is 3.75. The number of nitrogens with one attached hydrogen (secondary N) is 1. The molecule has 0 spiro atoms. The van der Waals surface area contributed by atoms with Crippen LogP contribution in [0.15, 0.2) is 9.89 Å². The predicted molar refractivity (Wildman–Crippen MR) is 65.2 cm³/mol. The Labute approximate surface area is 122 Å². The zero-order chi connectivity index (χ0) is 17.3.